The first kappa shape index (κ1) is 7.65. The molecule has 4 heteroatoms. The Hall–Kier alpha value is -1.45. The van der Waals surface area contributed by atoms with Crippen LogP contribution in [0.5, 0.6) is 0 Å². The number of carbonyl (C=O) groups is 1. The van der Waals surface area contributed by atoms with Crippen LogP contribution in [-0.4, -0.2) is 21.2 Å². The standard InChI is InChI=1S/C7H9N3O/c1-2-3-7(11)4-6-5-8-10-9-6/h2-3,5H,4H2,1H3,(H,8,9,10)/b3-2-. The Labute approximate surface area is 64.3 Å². The fourth-order valence-electron chi connectivity index (χ4n) is 0.734. The van der Waals surface area contributed by atoms with Crippen molar-refractivity contribution < 1.29 is 4.79 Å². The minimum absolute atomic E-state index is 0.0430. The zero-order chi connectivity index (χ0) is 8.10. The van der Waals surface area contributed by atoms with Crippen molar-refractivity contribution in [1.29, 1.82) is 0 Å². The van der Waals surface area contributed by atoms with Crippen molar-refractivity contribution >= 4 is 5.78 Å². The molecule has 0 radical (unpaired) electrons. The first-order valence-corrected chi connectivity index (χ1v) is 3.33. The molecule has 0 atom stereocenters. The Kier molecular flexibility index (Phi) is 2.54. The van der Waals surface area contributed by atoms with Gasteiger partial charge in [0, 0.05) is 0 Å². The van der Waals surface area contributed by atoms with Crippen molar-refractivity contribution in [2.24, 2.45) is 0 Å². The Morgan fingerprint density at radius 1 is 1.82 bits per heavy atom. The van der Waals surface area contributed by atoms with Crippen LogP contribution in [0.2, 0.25) is 0 Å². The smallest absolute Gasteiger partial charge is 0.161 e. The summed E-state index contributed by atoms with van der Waals surface area (Å²) in [6, 6.07) is 0. The molecule has 1 N–H and O–H groups in total. The highest BCUT2D eigenvalue weighted by Gasteiger charge is 2.00. The van der Waals surface area contributed by atoms with Gasteiger partial charge in [-0.25, -0.2) is 0 Å². The molecule has 0 fully saturated rings. The highest BCUT2D eigenvalue weighted by Crippen LogP contribution is 1.92. The summed E-state index contributed by atoms with van der Waals surface area (Å²) in [4.78, 5) is 10.9. The maximum Gasteiger partial charge on any atom is 0.161 e. The van der Waals surface area contributed by atoms with Crippen molar-refractivity contribution in [3.05, 3.63) is 24.0 Å². The van der Waals surface area contributed by atoms with Gasteiger partial charge in [0.1, 0.15) is 0 Å². The molecule has 1 heterocycles. The van der Waals surface area contributed by atoms with Gasteiger partial charge < -0.3 is 0 Å². The van der Waals surface area contributed by atoms with E-state index in [1.807, 2.05) is 0 Å². The molecular formula is C7H9N3O. The fourth-order valence-corrected chi connectivity index (χ4v) is 0.734. The number of carbonyl (C=O) groups excluding carboxylic acids is 1. The van der Waals surface area contributed by atoms with Gasteiger partial charge in [0.2, 0.25) is 0 Å². The quantitative estimate of drug-likeness (QED) is 0.639. The van der Waals surface area contributed by atoms with Crippen molar-refractivity contribution in [1.82, 2.24) is 15.4 Å². The molecule has 0 saturated carbocycles. The lowest BCUT2D eigenvalue weighted by atomic mass is 10.2. The molecule has 11 heavy (non-hydrogen) atoms. The van der Waals surface area contributed by atoms with Gasteiger partial charge in [0.25, 0.3) is 0 Å². The minimum Gasteiger partial charge on any atom is -0.294 e. The molecule has 1 rings (SSSR count). The zero-order valence-corrected chi connectivity index (χ0v) is 6.24. The van der Waals surface area contributed by atoms with E-state index in [1.54, 1.807) is 19.2 Å². The summed E-state index contributed by atoms with van der Waals surface area (Å²) >= 11 is 0. The van der Waals surface area contributed by atoms with E-state index in [1.165, 1.54) is 6.08 Å². The fraction of sp³-hybridized carbons (Fsp3) is 0.286. The average Bonchev–Trinajstić information content (AvgIpc) is 2.40. The topological polar surface area (TPSA) is 58.6 Å². The van der Waals surface area contributed by atoms with E-state index in [2.05, 4.69) is 15.4 Å². The summed E-state index contributed by atoms with van der Waals surface area (Å²) in [6.07, 6.45) is 5.10. The van der Waals surface area contributed by atoms with Gasteiger partial charge in [0.15, 0.2) is 5.78 Å². The number of allylic oxidation sites excluding steroid dienone is 2. The highest BCUT2D eigenvalue weighted by atomic mass is 16.1. The highest BCUT2D eigenvalue weighted by molar-refractivity contribution is 5.90. The molecule has 0 spiro atoms. The van der Waals surface area contributed by atoms with Gasteiger partial charge in [-0.3, -0.25) is 4.79 Å². The molecule has 0 amide bonds. The van der Waals surface area contributed by atoms with Crippen LogP contribution in [0.3, 0.4) is 0 Å². The van der Waals surface area contributed by atoms with Crippen LogP contribution >= 0.6 is 0 Å². The first-order chi connectivity index (χ1) is 5.33. The van der Waals surface area contributed by atoms with E-state index in [0.717, 1.165) is 0 Å². The molecule has 0 aliphatic carbocycles. The second-order valence-electron chi connectivity index (χ2n) is 2.10. The van der Waals surface area contributed by atoms with Crippen molar-refractivity contribution in [3.63, 3.8) is 0 Å². The Morgan fingerprint density at radius 3 is 3.18 bits per heavy atom. The summed E-state index contributed by atoms with van der Waals surface area (Å²) < 4.78 is 0. The molecule has 1 aromatic rings. The Morgan fingerprint density at radius 2 is 2.64 bits per heavy atom. The predicted octanol–water partition coefficient (Wildman–Crippen LogP) is 0.492. The Bertz CT molecular complexity index is 251. The van der Waals surface area contributed by atoms with Crippen LogP contribution in [0, 0.1) is 0 Å². The van der Waals surface area contributed by atoms with Gasteiger partial charge in [0.05, 0.1) is 18.3 Å². The van der Waals surface area contributed by atoms with Crippen LogP contribution in [0.1, 0.15) is 12.6 Å². The number of hydrogen-bond acceptors (Lipinski definition) is 3. The monoisotopic (exact) mass is 151 g/mol. The average molecular weight is 151 g/mol. The third-order valence-electron chi connectivity index (χ3n) is 1.17. The van der Waals surface area contributed by atoms with Crippen LogP contribution in [0.4, 0.5) is 0 Å². The molecule has 4 nitrogen and oxygen atoms in total. The molecule has 1 aromatic heterocycles. The second-order valence-corrected chi connectivity index (χ2v) is 2.10. The molecule has 0 saturated heterocycles. The number of rotatable bonds is 3. The van der Waals surface area contributed by atoms with E-state index in [9.17, 15) is 4.79 Å². The Balaban J connectivity index is 2.50. The second kappa shape index (κ2) is 3.65. The van der Waals surface area contributed by atoms with E-state index in [0.29, 0.717) is 12.1 Å². The van der Waals surface area contributed by atoms with E-state index >= 15 is 0 Å². The SMILES string of the molecule is C/C=C\C(=O)Cc1cn[nH]n1. The number of aromatic nitrogens is 3. The molecule has 0 bridgehead atoms. The molecular weight excluding hydrogens is 142 g/mol. The molecule has 0 unspecified atom stereocenters. The maximum atomic E-state index is 10.9. The number of ketones is 1. The molecule has 0 aromatic carbocycles. The third kappa shape index (κ3) is 2.33. The molecule has 58 valence electrons. The lowest BCUT2D eigenvalue weighted by Crippen LogP contribution is -1.98. The van der Waals surface area contributed by atoms with E-state index in [-0.39, 0.29) is 5.78 Å². The zero-order valence-electron chi connectivity index (χ0n) is 6.24. The lowest BCUT2D eigenvalue weighted by Gasteiger charge is -1.86. The lowest BCUT2D eigenvalue weighted by molar-refractivity contribution is -0.114. The molecule has 0 aliphatic rings. The number of H-pyrrole nitrogens is 1. The predicted molar refractivity (Wildman–Crippen MR) is 39.9 cm³/mol. The van der Waals surface area contributed by atoms with Gasteiger partial charge in [-0.05, 0) is 13.0 Å². The van der Waals surface area contributed by atoms with E-state index in [4.69, 9.17) is 0 Å². The summed E-state index contributed by atoms with van der Waals surface area (Å²) in [5.74, 6) is 0.0430. The largest absolute Gasteiger partial charge is 0.294 e. The van der Waals surface area contributed by atoms with Crippen LogP contribution in [-0.2, 0) is 11.2 Å². The van der Waals surface area contributed by atoms with E-state index < -0.39 is 0 Å². The number of hydrogen-bond donors (Lipinski definition) is 1. The summed E-state index contributed by atoms with van der Waals surface area (Å²) in [6.45, 7) is 1.81. The first-order valence-electron chi connectivity index (χ1n) is 3.33. The van der Waals surface area contributed by atoms with Gasteiger partial charge in [-0.2, -0.15) is 15.4 Å². The summed E-state index contributed by atoms with van der Waals surface area (Å²) in [7, 11) is 0. The summed E-state index contributed by atoms with van der Waals surface area (Å²) in [5.41, 5.74) is 0.674. The number of nitrogens with zero attached hydrogens (tertiary/aromatic N) is 2. The molecule has 0 aliphatic heterocycles. The van der Waals surface area contributed by atoms with Crippen LogP contribution in [0.25, 0.3) is 0 Å². The third-order valence-corrected chi connectivity index (χ3v) is 1.17. The van der Waals surface area contributed by atoms with Crippen molar-refractivity contribution in [2.45, 2.75) is 13.3 Å². The summed E-state index contributed by atoms with van der Waals surface area (Å²) in [5, 5.41) is 9.77. The van der Waals surface area contributed by atoms with Crippen LogP contribution < -0.4 is 0 Å². The minimum atomic E-state index is 0.0430. The van der Waals surface area contributed by atoms with Gasteiger partial charge in [-0.1, -0.05) is 6.08 Å². The maximum absolute atomic E-state index is 10.9. The van der Waals surface area contributed by atoms with Crippen molar-refractivity contribution in [2.75, 3.05) is 0 Å². The van der Waals surface area contributed by atoms with Crippen LogP contribution in [0.15, 0.2) is 18.3 Å². The van der Waals surface area contributed by atoms with Gasteiger partial charge >= 0.3 is 0 Å². The number of aromatic amines is 1. The normalized spacial score (nSPS) is 10.6. The van der Waals surface area contributed by atoms with Crippen molar-refractivity contribution in [3.8, 4) is 0 Å². The number of nitrogens with one attached hydrogen (secondary N) is 1. The van der Waals surface area contributed by atoms with Gasteiger partial charge in [-0.15, -0.1) is 0 Å².